The lowest BCUT2D eigenvalue weighted by atomic mass is 10.2. The van der Waals surface area contributed by atoms with Crippen molar-refractivity contribution in [3.05, 3.63) is 52.2 Å². The van der Waals surface area contributed by atoms with Gasteiger partial charge in [0.15, 0.2) is 0 Å². The van der Waals surface area contributed by atoms with E-state index in [1.54, 1.807) is 36.7 Å². The molecule has 0 atom stereocenters. The van der Waals surface area contributed by atoms with Crippen LogP contribution in [0, 0.1) is 5.82 Å². The van der Waals surface area contributed by atoms with Crippen LogP contribution in [0.1, 0.15) is 15.4 Å². The fourth-order valence-electron chi connectivity index (χ4n) is 1.58. The van der Waals surface area contributed by atoms with Crippen molar-refractivity contribution in [2.45, 2.75) is 6.42 Å². The van der Waals surface area contributed by atoms with Gasteiger partial charge in [-0.2, -0.15) is 0 Å². The van der Waals surface area contributed by atoms with Gasteiger partial charge in [-0.05, 0) is 12.1 Å². The Balaban J connectivity index is 1.99. The zero-order valence-electron chi connectivity index (χ0n) is 9.97. The highest BCUT2D eigenvalue weighted by Crippen LogP contribution is 2.10. The van der Waals surface area contributed by atoms with Gasteiger partial charge in [0.25, 0.3) is 5.91 Å². The number of carbonyl (C=O) groups is 1. The lowest BCUT2D eigenvalue weighted by Gasteiger charge is -2.16. The molecule has 94 valence electrons. The lowest BCUT2D eigenvalue weighted by Crippen LogP contribution is -2.29. The number of thiazole rings is 1. The Kier molecular flexibility index (Phi) is 4.04. The van der Waals surface area contributed by atoms with Crippen LogP contribution in [0.15, 0.2) is 35.8 Å². The smallest absolute Gasteiger partial charge is 0.256 e. The first-order chi connectivity index (χ1) is 8.68. The van der Waals surface area contributed by atoms with Crippen molar-refractivity contribution in [1.82, 2.24) is 9.88 Å². The molecule has 18 heavy (non-hydrogen) atoms. The van der Waals surface area contributed by atoms with E-state index in [0.717, 1.165) is 5.01 Å². The van der Waals surface area contributed by atoms with Gasteiger partial charge in [-0.3, -0.25) is 4.79 Å². The standard InChI is InChI=1S/C13H13FN2OS/c1-16(8-6-12-15-7-9-18-12)13(17)10-4-2-3-5-11(10)14/h2-5,7,9H,6,8H2,1H3. The molecule has 0 unspecified atom stereocenters. The fraction of sp³-hybridized carbons (Fsp3) is 0.231. The monoisotopic (exact) mass is 264 g/mol. The Morgan fingerprint density at radius 2 is 2.22 bits per heavy atom. The van der Waals surface area contributed by atoms with E-state index in [-0.39, 0.29) is 11.5 Å². The molecule has 0 saturated heterocycles. The Labute approximate surface area is 109 Å². The molecule has 1 heterocycles. The molecule has 1 amide bonds. The van der Waals surface area contributed by atoms with Gasteiger partial charge < -0.3 is 4.90 Å². The molecule has 0 radical (unpaired) electrons. The quantitative estimate of drug-likeness (QED) is 0.850. The van der Waals surface area contributed by atoms with Crippen LogP contribution in [0.5, 0.6) is 0 Å². The van der Waals surface area contributed by atoms with E-state index >= 15 is 0 Å². The van der Waals surface area contributed by atoms with Crippen molar-refractivity contribution >= 4 is 17.2 Å². The highest BCUT2D eigenvalue weighted by atomic mass is 32.1. The second-order valence-electron chi connectivity index (χ2n) is 3.88. The van der Waals surface area contributed by atoms with Crippen molar-refractivity contribution < 1.29 is 9.18 Å². The molecule has 0 saturated carbocycles. The van der Waals surface area contributed by atoms with Crippen LogP contribution >= 0.6 is 11.3 Å². The summed E-state index contributed by atoms with van der Waals surface area (Å²) in [4.78, 5) is 17.7. The zero-order chi connectivity index (χ0) is 13.0. The molecule has 0 bridgehead atoms. The number of rotatable bonds is 4. The topological polar surface area (TPSA) is 33.2 Å². The second kappa shape index (κ2) is 5.73. The molecule has 0 fully saturated rings. The fourth-order valence-corrected chi connectivity index (χ4v) is 2.19. The summed E-state index contributed by atoms with van der Waals surface area (Å²) in [6, 6.07) is 6.02. The second-order valence-corrected chi connectivity index (χ2v) is 4.86. The molecule has 1 aromatic carbocycles. The largest absolute Gasteiger partial charge is 0.341 e. The number of hydrogen-bond acceptors (Lipinski definition) is 3. The first-order valence-corrected chi connectivity index (χ1v) is 6.45. The van der Waals surface area contributed by atoms with Crippen LogP contribution in [0.2, 0.25) is 0 Å². The minimum Gasteiger partial charge on any atom is -0.341 e. The molecular formula is C13H13FN2OS. The predicted molar refractivity (Wildman–Crippen MR) is 69.2 cm³/mol. The molecule has 0 aliphatic rings. The Hall–Kier alpha value is -1.75. The minimum atomic E-state index is -0.483. The van der Waals surface area contributed by atoms with Crippen LogP contribution in [-0.2, 0) is 6.42 Å². The van der Waals surface area contributed by atoms with Gasteiger partial charge in [-0.1, -0.05) is 12.1 Å². The van der Waals surface area contributed by atoms with E-state index in [4.69, 9.17) is 0 Å². The third-order valence-corrected chi connectivity index (χ3v) is 3.43. The molecule has 0 spiro atoms. The Morgan fingerprint density at radius 1 is 1.44 bits per heavy atom. The van der Waals surface area contributed by atoms with Crippen molar-refractivity contribution in [2.24, 2.45) is 0 Å². The number of hydrogen-bond donors (Lipinski definition) is 0. The molecule has 0 N–H and O–H groups in total. The number of benzene rings is 1. The van der Waals surface area contributed by atoms with E-state index in [2.05, 4.69) is 4.98 Å². The van der Waals surface area contributed by atoms with Crippen molar-refractivity contribution in [1.29, 1.82) is 0 Å². The third kappa shape index (κ3) is 2.92. The highest BCUT2D eigenvalue weighted by molar-refractivity contribution is 7.09. The molecule has 1 aromatic heterocycles. The van der Waals surface area contributed by atoms with E-state index < -0.39 is 5.82 Å². The summed E-state index contributed by atoms with van der Waals surface area (Å²) in [6.07, 6.45) is 2.42. The zero-order valence-corrected chi connectivity index (χ0v) is 10.8. The summed E-state index contributed by atoms with van der Waals surface area (Å²) in [5.74, 6) is -0.784. The van der Waals surface area contributed by atoms with Gasteiger partial charge >= 0.3 is 0 Å². The lowest BCUT2D eigenvalue weighted by molar-refractivity contribution is 0.0792. The number of likely N-dealkylation sites (N-methyl/N-ethyl adjacent to an activating group) is 1. The van der Waals surface area contributed by atoms with E-state index in [1.807, 2.05) is 5.38 Å². The normalized spacial score (nSPS) is 10.3. The number of nitrogens with zero attached hydrogens (tertiary/aromatic N) is 2. The number of halogens is 1. The number of carbonyl (C=O) groups excluding carboxylic acids is 1. The SMILES string of the molecule is CN(CCc1nccs1)C(=O)c1ccccc1F. The first kappa shape index (κ1) is 12.7. The summed E-state index contributed by atoms with van der Waals surface area (Å²) in [6.45, 7) is 0.528. The maximum atomic E-state index is 13.5. The van der Waals surface area contributed by atoms with Crippen LogP contribution in [0.4, 0.5) is 4.39 Å². The maximum Gasteiger partial charge on any atom is 0.256 e. The highest BCUT2D eigenvalue weighted by Gasteiger charge is 2.15. The maximum absolute atomic E-state index is 13.5. The third-order valence-electron chi connectivity index (χ3n) is 2.60. The van der Waals surface area contributed by atoms with Gasteiger partial charge in [0.05, 0.1) is 10.6 Å². The summed E-state index contributed by atoms with van der Waals surface area (Å²) in [7, 11) is 1.67. The Bertz CT molecular complexity index is 528. The average Bonchev–Trinajstić information content (AvgIpc) is 2.89. The van der Waals surface area contributed by atoms with E-state index in [9.17, 15) is 9.18 Å². The Morgan fingerprint density at radius 3 is 2.89 bits per heavy atom. The molecule has 3 nitrogen and oxygen atoms in total. The van der Waals surface area contributed by atoms with Gasteiger partial charge in [-0.25, -0.2) is 9.37 Å². The average molecular weight is 264 g/mol. The van der Waals surface area contributed by atoms with Crippen LogP contribution in [0.3, 0.4) is 0 Å². The molecule has 2 aromatic rings. The molecule has 0 aliphatic carbocycles. The van der Waals surface area contributed by atoms with Gasteiger partial charge in [0, 0.05) is 31.6 Å². The molecule has 5 heteroatoms. The van der Waals surface area contributed by atoms with Crippen molar-refractivity contribution in [2.75, 3.05) is 13.6 Å². The molecular weight excluding hydrogens is 251 g/mol. The minimum absolute atomic E-state index is 0.110. The van der Waals surface area contributed by atoms with Crippen LogP contribution in [-0.4, -0.2) is 29.4 Å². The molecule has 2 rings (SSSR count). The van der Waals surface area contributed by atoms with Crippen LogP contribution < -0.4 is 0 Å². The molecule has 0 aliphatic heterocycles. The van der Waals surface area contributed by atoms with E-state index in [0.29, 0.717) is 13.0 Å². The van der Waals surface area contributed by atoms with Gasteiger partial charge in [0.2, 0.25) is 0 Å². The van der Waals surface area contributed by atoms with Crippen molar-refractivity contribution in [3.63, 3.8) is 0 Å². The van der Waals surface area contributed by atoms with Crippen LogP contribution in [0.25, 0.3) is 0 Å². The van der Waals surface area contributed by atoms with Gasteiger partial charge in [-0.15, -0.1) is 11.3 Å². The summed E-state index contributed by atoms with van der Waals surface area (Å²) in [5.41, 5.74) is 0.110. The van der Waals surface area contributed by atoms with Crippen molar-refractivity contribution in [3.8, 4) is 0 Å². The predicted octanol–water partition coefficient (Wildman–Crippen LogP) is 2.60. The number of amides is 1. The van der Waals surface area contributed by atoms with Gasteiger partial charge in [0.1, 0.15) is 5.82 Å². The van der Waals surface area contributed by atoms with E-state index in [1.165, 1.54) is 17.0 Å². The summed E-state index contributed by atoms with van der Waals surface area (Å²) in [5, 5.41) is 2.87. The first-order valence-electron chi connectivity index (χ1n) is 5.57. The number of aromatic nitrogens is 1. The summed E-state index contributed by atoms with van der Waals surface area (Å²) < 4.78 is 13.5. The summed E-state index contributed by atoms with van der Waals surface area (Å²) >= 11 is 1.55.